The Balaban J connectivity index is 1.72. The number of methoxy groups -OCH3 is 1. The van der Waals surface area contributed by atoms with Crippen molar-refractivity contribution in [2.24, 2.45) is 5.73 Å². The molecule has 0 aliphatic rings. The number of ether oxygens (including phenoxy) is 2. The number of nitrogens with one attached hydrogen (secondary N) is 1. The molecule has 176 valence electrons. The maximum Gasteiger partial charge on any atom is 0.320 e. The molecule has 0 aromatic heterocycles. The van der Waals surface area contributed by atoms with E-state index in [-0.39, 0.29) is 23.1 Å². The third-order valence-electron chi connectivity index (χ3n) is 4.89. The molecule has 3 aromatic carbocycles. The number of carboxylic acid groups (broad SMARTS) is 1. The smallest absolute Gasteiger partial charge is 0.320 e. The number of hydrogen-bond acceptors (Lipinski definition) is 5. The molecule has 1 atom stereocenters. The first-order valence-electron chi connectivity index (χ1n) is 10.4. The molecule has 0 heterocycles. The first kappa shape index (κ1) is 25.3. The van der Waals surface area contributed by atoms with Crippen molar-refractivity contribution in [1.82, 2.24) is 0 Å². The average Bonchev–Trinajstić information content (AvgIpc) is 2.82. The average molecular weight is 499 g/mol. The molecular weight excluding hydrogens is 475 g/mol. The van der Waals surface area contributed by atoms with E-state index in [0.29, 0.717) is 23.6 Å². The van der Waals surface area contributed by atoms with E-state index in [9.17, 15) is 4.79 Å². The zero-order chi connectivity index (χ0) is 24.5. The molecule has 8 heteroatoms. The lowest BCUT2D eigenvalue weighted by molar-refractivity contribution is -0.138. The summed E-state index contributed by atoms with van der Waals surface area (Å²) in [5.41, 5.74) is 8.81. The Morgan fingerprint density at radius 1 is 1.12 bits per heavy atom. The van der Waals surface area contributed by atoms with Gasteiger partial charge in [-0.1, -0.05) is 53.2 Å². The second-order valence-electron chi connectivity index (χ2n) is 7.37. The normalized spacial score (nSPS) is 11.2. The van der Waals surface area contributed by atoms with E-state index in [1.54, 1.807) is 19.2 Å². The molecule has 3 aromatic rings. The van der Waals surface area contributed by atoms with E-state index in [4.69, 9.17) is 43.5 Å². The fourth-order valence-corrected chi connectivity index (χ4v) is 3.80. The summed E-state index contributed by atoms with van der Waals surface area (Å²) in [5, 5.41) is 12.8. The van der Waals surface area contributed by atoms with E-state index < -0.39 is 12.0 Å². The molecule has 0 fully saturated rings. The largest absolute Gasteiger partial charge is 0.497 e. The Bertz CT molecular complexity index is 1180. The molecule has 6 nitrogen and oxygen atoms in total. The van der Waals surface area contributed by atoms with Crippen molar-refractivity contribution in [3.63, 3.8) is 0 Å². The minimum absolute atomic E-state index is 0.100. The van der Waals surface area contributed by atoms with Crippen LogP contribution in [0.2, 0.25) is 10.0 Å². The van der Waals surface area contributed by atoms with E-state index >= 15 is 0 Å². The maximum atomic E-state index is 11.0. The van der Waals surface area contributed by atoms with E-state index in [1.165, 1.54) is 0 Å². The molecule has 0 aliphatic carbocycles. The Morgan fingerprint density at radius 3 is 2.47 bits per heavy atom. The van der Waals surface area contributed by atoms with Crippen LogP contribution in [0.3, 0.4) is 0 Å². The van der Waals surface area contributed by atoms with Gasteiger partial charge in [0.1, 0.15) is 18.4 Å². The second kappa shape index (κ2) is 12.2. The number of carboxylic acids is 1. The van der Waals surface area contributed by atoms with Crippen LogP contribution in [0.4, 0.5) is 5.69 Å². The van der Waals surface area contributed by atoms with Crippen molar-refractivity contribution in [3.8, 4) is 23.3 Å². The highest BCUT2D eigenvalue weighted by atomic mass is 35.5. The Labute approximate surface area is 208 Å². The second-order valence-corrected chi connectivity index (χ2v) is 8.18. The van der Waals surface area contributed by atoms with Crippen LogP contribution in [0, 0.1) is 11.8 Å². The van der Waals surface area contributed by atoms with Crippen LogP contribution >= 0.6 is 23.2 Å². The van der Waals surface area contributed by atoms with Gasteiger partial charge in [-0.2, -0.15) is 0 Å². The topological polar surface area (TPSA) is 93.8 Å². The summed E-state index contributed by atoms with van der Waals surface area (Å²) >= 11 is 12.7. The number of anilines is 1. The van der Waals surface area contributed by atoms with Gasteiger partial charge in [-0.3, -0.25) is 4.79 Å². The van der Waals surface area contributed by atoms with Gasteiger partial charge in [0.15, 0.2) is 5.75 Å². The van der Waals surface area contributed by atoms with Gasteiger partial charge < -0.3 is 25.6 Å². The van der Waals surface area contributed by atoms with Gasteiger partial charge in [-0.15, -0.1) is 0 Å². The number of benzene rings is 3. The van der Waals surface area contributed by atoms with Gasteiger partial charge in [0, 0.05) is 16.8 Å². The summed E-state index contributed by atoms with van der Waals surface area (Å²) < 4.78 is 11.3. The van der Waals surface area contributed by atoms with Crippen molar-refractivity contribution in [2.45, 2.75) is 19.1 Å². The first-order chi connectivity index (χ1) is 16.4. The first-order valence-corrected chi connectivity index (χ1v) is 11.2. The fourth-order valence-electron chi connectivity index (χ4n) is 3.16. The predicted octanol–water partition coefficient (Wildman–Crippen LogP) is 5.00. The van der Waals surface area contributed by atoms with Crippen LogP contribution < -0.4 is 20.5 Å². The zero-order valence-corrected chi connectivity index (χ0v) is 20.0. The van der Waals surface area contributed by atoms with Gasteiger partial charge in [-0.25, -0.2) is 0 Å². The summed E-state index contributed by atoms with van der Waals surface area (Å²) in [6.07, 6.45) is 0.100. The SMILES string of the molecule is COc1ccc(NCC#Cc2ccccc2)c(COc2c(Cl)cc(C[C@H](N)C(=O)O)cc2Cl)c1. The summed E-state index contributed by atoms with van der Waals surface area (Å²) in [7, 11) is 1.59. The standard InChI is InChI=1S/C26H24Cl2N2O4/c1-33-20-9-10-24(30-11-5-8-17-6-3-2-4-7-17)19(15-20)16-34-25-21(27)12-18(13-22(25)28)14-23(29)26(31)32/h2-4,6-7,9-10,12-13,15,23,30H,11,14,16,29H2,1H3,(H,31,32)/t23-/m0/s1. The number of rotatable bonds is 9. The van der Waals surface area contributed by atoms with Crippen LogP contribution in [0.1, 0.15) is 16.7 Å². The fraction of sp³-hybridized carbons (Fsp3) is 0.192. The van der Waals surface area contributed by atoms with Crippen molar-refractivity contribution in [1.29, 1.82) is 0 Å². The van der Waals surface area contributed by atoms with Gasteiger partial charge in [-0.05, 0) is 54.4 Å². The van der Waals surface area contributed by atoms with Gasteiger partial charge in [0.2, 0.25) is 0 Å². The molecule has 0 bridgehead atoms. The zero-order valence-electron chi connectivity index (χ0n) is 18.5. The molecule has 0 spiro atoms. The number of carbonyl (C=O) groups is 1. The van der Waals surface area contributed by atoms with E-state index in [1.807, 2.05) is 48.5 Å². The molecule has 34 heavy (non-hydrogen) atoms. The lowest BCUT2D eigenvalue weighted by atomic mass is 10.1. The quantitative estimate of drug-likeness (QED) is 0.359. The van der Waals surface area contributed by atoms with Gasteiger partial charge in [0.25, 0.3) is 0 Å². The summed E-state index contributed by atoms with van der Waals surface area (Å²) in [5.74, 6) is 6.08. The Hall–Kier alpha value is -3.37. The van der Waals surface area contributed by atoms with Crippen LogP contribution in [0.5, 0.6) is 11.5 Å². The molecular formula is C26H24Cl2N2O4. The Morgan fingerprint density at radius 2 is 1.82 bits per heavy atom. The molecule has 0 aliphatic heterocycles. The van der Waals surface area contributed by atoms with Gasteiger partial charge >= 0.3 is 5.97 Å². The molecule has 0 saturated heterocycles. The predicted molar refractivity (Wildman–Crippen MR) is 135 cm³/mol. The molecule has 0 saturated carbocycles. The van der Waals surface area contributed by atoms with E-state index in [2.05, 4.69) is 17.2 Å². The molecule has 0 unspecified atom stereocenters. The van der Waals surface area contributed by atoms with Gasteiger partial charge in [0.05, 0.1) is 23.7 Å². The summed E-state index contributed by atoms with van der Waals surface area (Å²) in [4.78, 5) is 11.0. The summed E-state index contributed by atoms with van der Waals surface area (Å²) in [6.45, 7) is 0.605. The number of hydrogen-bond donors (Lipinski definition) is 3. The molecule has 3 rings (SSSR count). The number of aliphatic carboxylic acids is 1. The third kappa shape index (κ3) is 7.06. The van der Waals surface area contributed by atoms with Crippen molar-refractivity contribution >= 4 is 34.9 Å². The van der Waals surface area contributed by atoms with Crippen molar-refractivity contribution < 1.29 is 19.4 Å². The lowest BCUT2D eigenvalue weighted by Gasteiger charge is -2.16. The van der Waals surface area contributed by atoms with Crippen LogP contribution in [-0.2, 0) is 17.8 Å². The molecule has 0 amide bonds. The van der Waals surface area contributed by atoms with Crippen LogP contribution in [-0.4, -0.2) is 30.8 Å². The van der Waals surface area contributed by atoms with Crippen molar-refractivity contribution in [2.75, 3.05) is 19.0 Å². The Kier molecular flexibility index (Phi) is 9.06. The highest BCUT2D eigenvalue weighted by Crippen LogP contribution is 2.36. The number of halogens is 2. The minimum atomic E-state index is -1.10. The molecule has 0 radical (unpaired) electrons. The van der Waals surface area contributed by atoms with Crippen LogP contribution in [0.15, 0.2) is 60.7 Å². The maximum absolute atomic E-state index is 11.0. The lowest BCUT2D eigenvalue weighted by Crippen LogP contribution is -2.32. The van der Waals surface area contributed by atoms with E-state index in [0.717, 1.165) is 16.8 Å². The van der Waals surface area contributed by atoms with Crippen LogP contribution in [0.25, 0.3) is 0 Å². The monoisotopic (exact) mass is 498 g/mol. The molecule has 4 N–H and O–H groups in total. The summed E-state index contributed by atoms with van der Waals surface area (Å²) in [6, 6.07) is 17.5. The highest BCUT2D eigenvalue weighted by molar-refractivity contribution is 6.37. The minimum Gasteiger partial charge on any atom is -0.497 e. The van der Waals surface area contributed by atoms with Crippen molar-refractivity contribution in [3.05, 3.63) is 87.4 Å². The number of nitrogens with two attached hydrogens (primary N) is 1. The third-order valence-corrected chi connectivity index (χ3v) is 5.45. The highest BCUT2D eigenvalue weighted by Gasteiger charge is 2.16.